The average molecular weight is 241 g/mol. The highest BCUT2D eigenvalue weighted by atomic mass is 32.1. The fraction of sp³-hybridized carbons (Fsp3) is 0.500. The van der Waals surface area contributed by atoms with Crippen LogP contribution in [0.5, 0.6) is 0 Å². The minimum atomic E-state index is -0.311. The van der Waals surface area contributed by atoms with E-state index in [0.29, 0.717) is 18.0 Å². The van der Waals surface area contributed by atoms with Crippen LogP contribution in [0.4, 0.5) is 0 Å². The van der Waals surface area contributed by atoms with E-state index in [0.717, 1.165) is 11.0 Å². The van der Waals surface area contributed by atoms with Crippen LogP contribution in [-0.2, 0) is 13.1 Å². The maximum absolute atomic E-state index is 11.8. The van der Waals surface area contributed by atoms with E-state index >= 15 is 0 Å². The van der Waals surface area contributed by atoms with E-state index in [2.05, 4.69) is 0 Å². The second-order valence-corrected chi connectivity index (χ2v) is 4.02. The van der Waals surface area contributed by atoms with Gasteiger partial charge in [-0.1, -0.05) is 19.1 Å². The minimum Gasteiger partial charge on any atom is -0.393 e. The Balaban J connectivity index is 3.06. The summed E-state index contributed by atoms with van der Waals surface area (Å²) in [4.78, 5) is 23.6. The molecular weight excluding hydrogens is 226 g/mol. The van der Waals surface area contributed by atoms with E-state index in [1.54, 1.807) is 0 Å². The average Bonchev–Trinajstić information content (AvgIpc) is 2.22. The van der Waals surface area contributed by atoms with Crippen molar-refractivity contribution in [2.24, 2.45) is 5.73 Å². The smallest absolute Gasteiger partial charge is 0.330 e. The van der Waals surface area contributed by atoms with Gasteiger partial charge in [0.15, 0.2) is 0 Å². The van der Waals surface area contributed by atoms with Crippen molar-refractivity contribution in [3.63, 3.8) is 0 Å². The molecule has 0 saturated heterocycles. The van der Waals surface area contributed by atoms with Crippen molar-refractivity contribution in [1.82, 2.24) is 9.13 Å². The van der Waals surface area contributed by atoms with Crippen molar-refractivity contribution < 1.29 is 0 Å². The largest absolute Gasteiger partial charge is 0.393 e. The number of nitrogens with zero attached hydrogens (tertiary/aromatic N) is 2. The van der Waals surface area contributed by atoms with Crippen molar-refractivity contribution in [2.75, 3.05) is 0 Å². The van der Waals surface area contributed by atoms with E-state index < -0.39 is 0 Å². The Morgan fingerprint density at radius 2 is 2.12 bits per heavy atom. The van der Waals surface area contributed by atoms with E-state index in [9.17, 15) is 9.59 Å². The van der Waals surface area contributed by atoms with E-state index in [4.69, 9.17) is 18.0 Å². The summed E-state index contributed by atoms with van der Waals surface area (Å²) >= 11 is 4.72. The summed E-state index contributed by atoms with van der Waals surface area (Å²) in [6.07, 6.45) is 2.72. The molecule has 0 fully saturated rings. The van der Waals surface area contributed by atoms with Gasteiger partial charge in [0.2, 0.25) is 0 Å². The quantitative estimate of drug-likeness (QED) is 0.742. The molecule has 1 heterocycles. The maximum Gasteiger partial charge on any atom is 0.330 e. The van der Waals surface area contributed by atoms with Crippen LogP contribution in [0.3, 0.4) is 0 Å². The van der Waals surface area contributed by atoms with E-state index in [1.807, 2.05) is 6.92 Å². The molecule has 0 bridgehead atoms. The van der Waals surface area contributed by atoms with Crippen LogP contribution < -0.4 is 17.0 Å². The molecule has 0 atom stereocenters. The molecule has 88 valence electrons. The molecule has 0 unspecified atom stereocenters. The Morgan fingerprint density at radius 1 is 1.44 bits per heavy atom. The maximum atomic E-state index is 11.8. The number of nitrogens with two attached hydrogens (primary N) is 1. The van der Waals surface area contributed by atoms with Crippen molar-refractivity contribution in [3.05, 3.63) is 33.1 Å². The molecule has 0 amide bonds. The third kappa shape index (κ3) is 3.03. The molecule has 0 saturated carbocycles. The van der Waals surface area contributed by atoms with Gasteiger partial charge < -0.3 is 10.3 Å². The lowest BCUT2D eigenvalue weighted by Crippen LogP contribution is -2.39. The Hall–Kier alpha value is -1.43. The fourth-order valence-electron chi connectivity index (χ4n) is 1.40. The zero-order chi connectivity index (χ0) is 12.1. The summed E-state index contributed by atoms with van der Waals surface area (Å²) in [5, 5.41) is 0. The van der Waals surface area contributed by atoms with Gasteiger partial charge in [-0.15, -0.1) is 0 Å². The normalized spacial score (nSPS) is 10.3. The van der Waals surface area contributed by atoms with Gasteiger partial charge >= 0.3 is 5.69 Å². The molecule has 1 aromatic rings. The second kappa shape index (κ2) is 5.60. The Morgan fingerprint density at radius 3 is 2.69 bits per heavy atom. The summed E-state index contributed by atoms with van der Waals surface area (Å²) < 4.78 is 2.68. The van der Waals surface area contributed by atoms with Gasteiger partial charge in [0.05, 0.1) is 4.99 Å². The van der Waals surface area contributed by atoms with Gasteiger partial charge in [0.1, 0.15) is 0 Å². The van der Waals surface area contributed by atoms with Crippen LogP contribution in [0, 0.1) is 0 Å². The molecule has 0 aliphatic carbocycles. The van der Waals surface area contributed by atoms with E-state index in [1.165, 1.54) is 16.8 Å². The highest BCUT2D eigenvalue weighted by Gasteiger charge is 2.04. The van der Waals surface area contributed by atoms with Crippen LogP contribution >= 0.6 is 12.2 Å². The number of hydrogen-bond donors (Lipinski definition) is 1. The molecule has 0 aliphatic rings. The van der Waals surface area contributed by atoms with Gasteiger partial charge in [-0.2, -0.15) is 0 Å². The van der Waals surface area contributed by atoms with Gasteiger partial charge in [-0.3, -0.25) is 9.36 Å². The first-order valence-electron chi connectivity index (χ1n) is 5.15. The number of aromatic nitrogens is 2. The van der Waals surface area contributed by atoms with Crippen molar-refractivity contribution >= 4 is 17.2 Å². The zero-order valence-electron chi connectivity index (χ0n) is 9.18. The first kappa shape index (κ1) is 12.6. The third-order valence-electron chi connectivity index (χ3n) is 2.19. The number of hydrogen-bond acceptors (Lipinski definition) is 3. The molecule has 16 heavy (non-hydrogen) atoms. The molecule has 0 spiro atoms. The fourth-order valence-corrected chi connectivity index (χ4v) is 1.49. The predicted octanol–water partition coefficient (Wildman–Crippen LogP) is 0.0962. The Labute approximate surface area is 98.5 Å². The lowest BCUT2D eigenvalue weighted by molar-refractivity contribution is 0.553. The zero-order valence-corrected chi connectivity index (χ0v) is 10.00. The molecule has 2 N–H and O–H groups in total. The van der Waals surface area contributed by atoms with Crippen LogP contribution in [0.25, 0.3) is 0 Å². The standard InChI is InChI=1S/C10H15N3O2S/c1-2-5-12-6-4-9(14)13(10(12)15)7-3-8(11)16/h4,6H,2-3,5,7H2,1H3,(H2,11,16). The molecule has 0 radical (unpaired) electrons. The molecule has 5 nitrogen and oxygen atoms in total. The lowest BCUT2D eigenvalue weighted by atomic mass is 10.4. The summed E-state index contributed by atoms with van der Waals surface area (Å²) in [7, 11) is 0. The van der Waals surface area contributed by atoms with Gasteiger partial charge in [-0.25, -0.2) is 4.79 Å². The number of rotatable bonds is 5. The van der Waals surface area contributed by atoms with Crippen LogP contribution in [0.1, 0.15) is 19.8 Å². The lowest BCUT2D eigenvalue weighted by Gasteiger charge is -2.08. The summed E-state index contributed by atoms with van der Waals surface area (Å²) in [6.45, 7) is 2.82. The first-order chi connectivity index (χ1) is 7.56. The van der Waals surface area contributed by atoms with Crippen molar-refractivity contribution in [3.8, 4) is 0 Å². The van der Waals surface area contributed by atoms with Gasteiger partial charge in [-0.05, 0) is 6.42 Å². The Bertz CT molecular complexity index is 490. The molecule has 1 aromatic heterocycles. The summed E-state index contributed by atoms with van der Waals surface area (Å²) in [6, 6.07) is 1.39. The predicted molar refractivity (Wildman–Crippen MR) is 66.7 cm³/mol. The van der Waals surface area contributed by atoms with Crippen LogP contribution in [0.2, 0.25) is 0 Å². The van der Waals surface area contributed by atoms with Crippen molar-refractivity contribution in [1.29, 1.82) is 0 Å². The van der Waals surface area contributed by atoms with Crippen LogP contribution in [0.15, 0.2) is 21.9 Å². The topological polar surface area (TPSA) is 70.0 Å². The first-order valence-corrected chi connectivity index (χ1v) is 5.55. The molecule has 1 rings (SSSR count). The van der Waals surface area contributed by atoms with E-state index in [-0.39, 0.29) is 17.8 Å². The Kier molecular flexibility index (Phi) is 4.42. The highest BCUT2D eigenvalue weighted by molar-refractivity contribution is 7.80. The molecule has 0 aromatic carbocycles. The highest BCUT2D eigenvalue weighted by Crippen LogP contribution is 1.86. The second-order valence-electron chi connectivity index (χ2n) is 3.50. The SMILES string of the molecule is CCCn1ccc(=O)n(CCC(N)=S)c1=O. The molecular formula is C10H15N3O2S. The van der Waals surface area contributed by atoms with Gasteiger partial charge in [0.25, 0.3) is 5.56 Å². The monoisotopic (exact) mass is 241 g/mol. The van der Waals surface area contributed by atoms with Gasteiger partial charge in [0, 0.05) is 31.8 Å². The van der Waals surface area contributed by atoms with Crippen LogP contribution in [-0.4, -0.2) is 14.1 Å². The number of aryl methyl sites for hydroxylation is 1. The minimum absolute atomic E-state index is 0.248. The third-order valence-corrected chi connectivity index (χ3v) is 2.39. The summed E-state index contributed by atoms with van der Waals surface area (Å²) in [5.74, 6) is 0. The molecule has 6 heteroatoms. The molecule has 0 aliphatic heterocycles. The number of thiocarbonyl (C=S) groups is 1. The summed E-state index contributed by atoms with van der Waals surface area (Å²) in [5.41, 5.74) is 4.73. The van der Waals surface area contributed by atoms with Crippen molar-refractivity contribution in [2.45, 2.75) is 32.9 Å².